The zero-order chi connectivity index (χ0) is 40.9. The molecule has 2 N–H and O–H groups in total. The molecule has 3 aromatic carbocycles. The fraction of sp³-hybridized carbons (Fsp3) is 0.348. The van der Waals surface area contributed by atoms with E-state index in [4.69, 9.17) is 4.74 Å². The van der Waals surface area contributed by atoms with Crippen LogP contribution in [-0.2, 0) is 42.9 Å². The van der Waals surface area contributed by atoms with Gasteiger partial charge >= 0.3 is 0 Å². The number of rotatable bonds is 14. The van der Waals surface area contributed by atoms with Crippen LogP contribution in [0.1, 0.15) is 99.2 Å². The first kappa shape index (κ1) is 39.9. The molecule has 5 aromatic rings. The summed E-state index contributed by atoms with van der Waals surface area (Å²) in [5, 5.41) is 5.72. The minimum absolute atomic E-state index is 0.0796. The number of ether oxygens (including phenoxy) is 1. The van der Waals surface area contributed by atoms with Crippen molar-refractivity contribution in [2.45, 2.75) is 77.7 Å². The number of benzene rings is 3. The predicted molar refractivity (Wildman–Crippen MR) is 222 cm³/mol. The first-order chi connectivity index (χ1) is 27.9. The van der Waals surface area contributed by atoms with E-state index in [0.717, 1.165) is 76.9 Å². The third kappa shape index (κ3) is 9.28. The van der Waals surface area contributed by atoms with Gasteiger partial charge in [-0.05, 0) is 111 Å². The summed E-state index contributed by atoms with van der Waals surface area (Å²) in [6.07, 6.45) is 9.83. The zero-order valence-corrected chi connectivity index (χ0v) is 33.6. The van der Waals surface area contributed by atoms with Gasteiger partial charge in [0.15, 0.2) is 11.6 Å². The molecule has 4 heterocycles. The van der Waals surface area contributed by atoms with E-state index in [2.05, 4.69) is 20.5 Å². The smallest absolute Gasteiger partial charge is 0.272 e. The number of hydrogen-bond donors (Lipinski definition) is 2. The summed E-state index contributed by atoms with van der Waals surface area (Å²) in [4.78, 5) is 70.4. The highest BCUT2D eigenvalue weighted by atomic mass is 16.5. The van der Waals surface area contributed by atoms with E-state index in [1.54, 1.807) is 41.4 Å². The molecule has 2 aliphatic rings. The van der Waals surface area contributed by atoms with Crippen molar-refractivity contribution in [1.82, 2.24) is 19.0 Å². The highest BCUT2D eigenvalue weighted by Gasteiger charge is 2.32. The first-order valence-corrected chi connectivity index (χ1v) is 20.0. The van der Waals surface area contributed by atoms with E-state index in [1.807, 2.05) is 74.8 Å². The monoisotopic (exact) mass is 782 g/mol. The summed E-state index contributed by atoms with van der Waals surface area (Å²) in [5.41, 5.74) is 7.30. The number of aryl methyl sites for hydroxylation is 4. The predicted octanol–water partition coefficient (Wildman–Crippen LogP) is 7.28. The Kier molecular flexibility index (Phi) is 12.0. The number of Topliss-reactive ketones (excluding diaryl/α,β-unsaturated/α-hetero) is 2. The van der Waals surface area contributed by atoms with Gasteiger partial charge < -0.3 is 29.4 Å². The summed E-state index contributed by atoms with van der Waals surface area (Å²) < 4.78 is 9.48. The standard InChI is InChI=1S/C46H50N6O6/c1-29-22-38-34(16-19-37-8-5-6-20-52(37)46(38)57)26-41(29)58-21-7-9-43(55)48-42-28-51(4)44(49-42)40(54)24-32-10-14-33(15-11-32)35-25-39(50(3)27-35)45(56)47-36-17-12-31(13-18-36)23-30(2)53/h10-15,17-18,22,25-28,37H,5-9,16,19-21,23-24H2,1-4H3,(H,47,56)(H,48,55)/t37-/m0/s1. The van der Waals surface area contributed by atoms with Gasteiger partial charge in [0.1, 0.15) is 17.2 Å². The fourth-order valence-electron chi connectivity index (χ4n) is 7.96. The molecule has 12 nitrogen and oxygen atoms in total. The van der Waals surface area contributed by atoms with Crippen LogP contribution in [0.3, 0.4) is 0 Å². The van der Waals surface area contributed by atoms with Crippen LogP contribution in [0.15, 0.2) is 79.1 Å². The Hall–Kier alpha value is -6.30. The second-order valence-corrected chi connectivity index (χ2v) is 15.6. The highest BCUT2D eigenvalue weighted by molar-refractivity contribution is 6.04. The lowest BCUT2D eigenvalue weighted by Crippen LogP contribution is -2.42. The maximum absolute atomic E-state index is 13.3. The van der Waals surface area contributed by atoms with Crippen LogP contribution in [0.4, 0.5) is 11.5 Å². The van der Waals surface area contributed by atoms with Crippen molar-refractivity contribution in [2.75, 3.05) is 23.8 Å². The average Bonchev–Trinajstić information content (AvgIpc) is 3.74. The number of fused-ring (bicyclic) bond motifs is 2. The lowest BCUT2D eigenvalue weighted by Gasteiger charge is -2.34. The second-order valence-electron chi connectivity index (χ2n) is 15.6. The number of aromatic nitrogens is 3. The molecule has 1 atom stereocenters. The maximum atomic E-state index is 13.3. The fourth-order valence-corrected chi connectivity index (χ4v) is 7.96. The van der Waals surface area contributed by atoms with E-state index in [-0.39, 0.29) is 48.0 Å². The minimum Gasteiger partial charge on any atom is -0.493 e. The first-order valence-electron chi connectivity index (χ1n) is 20.0. The summed E-state index contributed by atoms with van der Waals surface area (Å²) in [6.45, 7) is 4.68. The van der Waals surface area contributed by atoms with Gasteiger partial charge in [-0.25, -0.2) is 4.98 Å². The number of piperidine rings is 1. The van der Waals surface area contributed by atoms with Gasteiger partial charge in [-0.2, -0.15) is 0 Å². The number of ketones is 2. The van der Waals surface area contributed by atoms with Gasteiger partial charge in [-0.1, -0.05) is 36.4 Å². The topological polar surface area (TPSA) is 145 Å². The molecular weight excluding hydrogens is 733 g/mol. The zero-order valence-electron chi connectivity index (χ0n) is 33.6. The third-order valence-corrected chi connectivity index (χ3v) is 11.0. The lowest BCUT2D eigenvalue weighted by atomic mass is 9.97. The lowest BCUT2D eigenvalue weighted by molar-refractivity contribution is -0.117. The number of carbonyl (C=O) groups is 5. The van der Waals surface area contributed by atoms with Gasteiger partial charge in [0.25, 0.3) is 11.8 Å². The van der Waals surface area contributed by atoms with E-state index in [9.17, 15) is 24.0 Å². The number of amides is 3. The van der Waals surface area contributed by atoms with E-state index in [1.165, 1.54) is 6.42 Å². The summed E-state index contributed by atoms with van der Waals surface area (Å²) >= 11 is 0. The molecule has 0 saturated carbocycles. The number of anilines is 2. The van der Waals surface area contributed by atoms with Crippen molar-refractivity contribution in [2.24, 2.45) is 14.1 Å². The van der Waals surface area contributed by atoms with Crippen LogP contribution in [0, 0.1) is 6.92 Å². The van der Waals surface area contributed by atoms with Crippen molar-refractivity contribution in [3.63, 3.8) is 0 Å². The molecule has 0 spiro atoms. The van der Waals surface area contributed by atoms with Gasteiger partial charge in [0, 0.05) is 75.2 Å². The Labute approximate surface area is 338 Å². The van der Waals surface area contributed by atoms with Gasteiger partial charge in [0.05, 0.1) is 6.61 Å². The summed E-state index contributed by atoms with van der Waals surface area (Å²) in [7, 11) is 3.53. The van der Waals surface area contributed by atoms with Crippen LogP contribution in [0.5, 0.6) is 5.75 Å². The number of imidazole rings is 1. The third-order valence-electron chi connectivity index (χ3n) is 11.0. The minimum atomic E-state index is -0.253. The Morgan fingerprint density at radius 2 is 1.59 bits per heavy atom. The molecule has 2 aromatic heterocycles. The molecule has 12 heteroatoms. The Morgan fingerprint density at radius 3 is 2.34 bits per heavy atom. The maximum Gasteiger partial charge on any atom is 0.272 e. The van der Waals surface area contributed by atoms with Gasteiger partial charge in [0.2, 0.25) is 11.7 Å². The van der Waals surface area contributed by atoms with Crippen molar-refractivity contribution in [3.8, 4) is 16.9 Å². The van der Waals surface area contributed by atoms with Crippen molar-refractivity contribution < 1.29 is 28.7 Å². The van der Waals surface area contributed by atoms with Crippen molar-refractivity contribution in [1.29, 1.82) is 0 Å². The largest absolute Gasteiger partial charge is 0.493 e. The number of carbonyl (C=O) groups excluding carboxylic acids is 5. The molecule has 0 aliphatic carbocycles. The Balaban J connectivity index is 0.881. The number of nitrogens with one attached hydrogen (secondary N) is 2. The van der Waals surface area contributed by atoms with Gasteiger partial charge in [-0.15, -0.1) is 0 Å². The number of hydrogen-bond acceptors (Lipinski definition) is 7. The molecular formula is C46H50N6O6. The summed E-state index contributed by atoms with van der Waals surface area (Å²) in [6, 6.07) is 20.9. The molecule has 0 unspecified atom stereocenters. The highest BCUT2D eigenvalue weighted by Crippen LogP contribution is 2.32. The van der Waals surface area contributed by atoms with Crippen LogP contribution < -0.4 is 15.4 Å². The molecule has 300 valence electrons. The summed E-state index contributed by atoms with van der Waals surface area (Å²) in [5.74, 6) is 0.840. The molecule has 2 aliphatic heterocycles. The molecule has 7 rings (SSSR count). The van der Waals surface area contributed by atoms with Crippen molar-refractivity contribution >= 4 is 40.8 Å². The van der Waals surface area contributed by atoms with Crippen LogP contribution in [0.2, 0.25) is 0 Å². The average molecular weight is 783 g/mol. The van der Waals surface area contributed by atoms with E-state index < -0.39 is 0 Å². The van der Waals surface area contributed by atoms with Gasteiger partial charge in [-0.3, -0.25) is 24.0 Å². The van der Waals surface area contributed by atoms with E-state index in [0.29, 0.717) is 42.7 Å². The molecule has 1 fully saturated rings. The van der Waals surface area contributed by atoms with E-state index >= 15 is 0 Å². The van der Waals surface area contributed by atoms with Crippen LogP contribution >= 0.6 is 0 Å². The quantitative estimate of drug-likeness (QED) is 0.0890. The molecule has 58 heavy (non-hydrogen) atoms. The molecule has 3 amide bonds. The molecule has 0 radical (unpaired) electrons. The second kappa shape index (κ2) is 17.5. The van der Waals surface area contributed by atoms with Crippen LogP contribution in [0.25, 0.3) is 11.1 Å². The Morgan fingerprint density at radius 1 is 0.845 bits per heavy atom. The molecule has 1 saturated heterocycles. The molecule has 0 bridgehead atoms. The Bertz CT molecular complexity index is 2360. The number of nitrogens with zero attached hydrogens (tertiary/aromatic N) is 4. The van der Waals surface area contributed by atoms with Crippen LogP contribution in [-0.4, -0.2) is 67.5 Å². The van der Waals surface area contributed by atoms with Crippen molar-refractivity contribution in [3.05, 3.63) is 118 Å². The normalized spacial score (nSPS) is 14.9. The SMILES string of the molecule is CC(=O)Cc1ccc(NC(=O)c2cc(-c3ccc(CC(=O)c4nc(NC(=O)CCCOc5cc6c(cc5C)C(=O)N5CCCC[C@H]5CC6)cn4C)cc3)cn2C)cc1.